The number of thiophene rings is 1. The molecule has 1 N–H and O–H groups in total. The van der Waals surface area contributed by atoms with Crippen LogP contribution in [0.15, 0.2) is 54.3 Å². The highest BCUT2D eigenvalue weighted by Crippen LogP contribution is 2.48. The number of hydrogen-bond acceptors (Lipinski definition) is 7. The number of urea groups is 1. The van der Waals surface area contributed by atoms with Gasteiger partial charge in [-0.15, -0.1) is 0 Å². The Morgan fingerprint density at radius 3 is 2.73 bits per heavy atom. The fourth-order valence-corrected chi connectivity index (χ4v) is 4.79. The van der Waals surface area contributed by atoms with Gasteiger partial charge >= 0.3 is 11.3 Å². The van der Waals surface area contributed by atoms with Crippen LogP contribution < -0.4 is 20.1 Å². The van der Waals surface area contributed by atoms with E-state index in [1.165, 1.54) is 16.5 Å². The minimum atomic E-state index is -1.35. The maximum Gasteiger partial charge on any atom is 0.331 e. The molecule has 1 atom stereocenters. The molecule has 0 aromatic carbocycles. The van der Waals surface area contributed by atoms with Crippen LogP contribution in [0.1, 0.15) is 5.69 Å². The van der Waals surface area contributed by atoms with Gasteiger partial charge in [-0.2, -0.15) is 0 Å². The lowest BCUT2D eigenvalue weighted by Gasteiger charge is -2.29. The molecule has 0 saturated heterocycles. The molecule has 0 radical (unpaired) electrons. The van der Waals surface area contributed by atoms with Gasteiger partial charge in [-0.1, -0.05) is 6.07 Å². The second-order valence-electron chi connectivity index (χ2n) is 6.41. The van der Waals surface area contributed by atoms with Crippen LogP contribution in [0.5, 0.6) is 11.6 Å². The maximum absolute atomic E-state index is 13.1. The molecule has 10 heteroatoms. The summed E-state index contributed by atoms with van der Waals surface area (Å²) >= 11 is 0. The highest BCUT2D eigenvalue weighted by atomic mass is 32.2. The van der Waals surface area contributed by atoms with Gasteiger partial charge in [0.1, 0.15) is 16.8 Å². The summed E-state index contributed by atoms with van der Waals surface area (Å²) in [6.45, 7) is 1.76. The quantitative estimate of drug-likeness (QED) is 0.500. The molecular weight excluding hydrogens is 406 g/mol. The minimum Gasteiger partial charge on any atom is -0.500 e. The zero-order valence-electron chi connectivity index (χ0n) is 15.5. The van der Waals surface area contributed by atoms with Crippen LogP contribution in [0.2, 0.25) is 0 Å². The zero-order valence-corrected chi connectivity index (χ0v) is 16.3. The van der Waals surface area contributed by atoms with E-state index in [4.69, 9.17) is 4.74 Å². The molecule has 30 heavy (non-hydrogen) atoms. The number of carbonyl (C=O) groups is 2. The molecule has 4 aromatic rings. The molecule has 1 aliphatic rings. The van der Waals surface area contributed by atoms with Gasteiger partial charge in [-0.3, -0.25) is 9.88 Å². The average molecular weight is 419 g/mol. The summed E-state index contributed by atoms with van der Waals surface area (Å²) in [4.78, 5) is 39.1. The van der Waals surface area contributed by atoms with Crippen molar-refractivity contribution < 1.29 is 19.4 Å². The van der Waals surface area contributed by atoms with Crippen LogP contribution in [0.4, 0.5) is 26.7 Å². The standard InChI is InChI=1S/C20H13N5O4S/c1-11-17(14(6-9-21-11)29-15-4-2-3-7-22-15)25-13-5-8-23-18-16(13)12(24-19(25)26)10-30(18)20(27)28/h2-10H,1H3,(H-,24,26,27,28). The Labute approximate surface area is 172 Å². The van der Waals surface area contributed by atoms with Crippen molar-refractivity contribution in [2.45, 2.75) is 6.92 Å². The van der Waals surface area contributed by atoms with E-state index in [1.807, 2.05) is 0 Å². The van der Waals surface area contributed by atoms with Crippen molar-refractivity contribution in [3.63, 3.8) is 0 Å². The van der Waals surface area contributed by atoms with Crippen LogP contribution in [0, 0.1) is 6.92 Å². The number of carboxylic acid groups (broad SMARTS) is 1. The van der Waals surface area contributed by atoms with E-state index in [0.717, 1.165) is 0 Å². The molecule has 148 valence electrons. The van der Waals surface area contributed by atoms with Crippen molar-refractivity contribution in [1.29, 1.82) is 0 Å². The van der Waals surface area contributed by atoms with Crippen molar-refractivity contribution in [2.24, 2.45) is 0 Å². The molecule has 1 aliphatic heterocycles. The lowest BCUT2D eigenvalue weighted by molar-refractivity contribution is -0.233. The summed E-state index contributed by atoms with van der Waals surface area (Å²) in [5.74, 6) is 0.743. The number of anilines is 3. The van der Waals surface area contributed by atoms with Gasteiger partial charge in [0, 0.05) is 30.7 Å². The lowest BCUT2D eigenvalue weighted by atomic mass is 10.1. The summed E-state index contributed by atoms with van der Waals surface area (Å²) in [5.41, 5.74) is 1.88. The van der Waals surface area contributed by atoms with Crippen LogP contribution in [-0.2, 0) is 0 Å². The number of aromatic nitrogens is 3. The second kappa shape index (κ2) is 6.78. The first kappa shape index (κ1) is 18.0. The minimum absolute atomic E-state index is 0.348. The van der Waals surface area contributed by atoms with Crippen molar-refractivity contribution >= 4 is 49.1 Å². The third kappa shape index (κ3) is 2.73. The highest BCUT2D eigenvalue weighted by Gasteiger charge is 2.36. The lowest BCUT2D eigenvalue weighted by Crippen LogP contribution is -2.34. The number of amides is 2. The number of pyridine rings is 3. The number of ether oxygens (including phenoxy) is 1. The van der Waals surface area contributed by atoms with Gasteiger partial charge in [0.05, 0.1) is 21.9 Å². The van der Waals surface area contributed by atoms with Gasteiger partial charge in [0.2, 0.25) is 5.88 Å². The number of hydrogen-bond donors (Lipinski definition) is 1. The van der Waals surface area contributed by atoms with Crippen molar-refractivity contribution in [3.05, 3.63) is 60.0 Å². The number of nitrogens with zero attached hydrogens (tertiary/aromatic N) is 4. The molecule has 5 rings (SSSR count). The van der Waals surface area contributed by atoms with Gasteiger partial charge in [0.25, 0.3) is 4.83 Å². The first-order chi connectivity index (χ1) is 14.5. The van der Waals surface area contributed by atoms with Crippen LogP contribution >= 0.6 is 10.5 Å². The summed E-state index contributed by atoms with van der Waals surface area (Å²) in [6, 6.07) is 8.10. The fraction of sp³-hybridized carbons (Fsp3) is 0.0500. The first-order valence-corrected chi connectivity index (χ1v) is 10.1. The second-order valence-corrected chi connectivity index (χ2v) is 8.04. The van der Waals surface area contributed by atoms with E-state index in [9.17, 15) is 14.7 Å². The van der Waals surface area contributed by atoms with Crippen LogP contribution in [0.25, 0.3) is 10.2 Å². The van der Waals surface area contributed by atoms with Gasteiger partial charge in [-0.25, -0.2) is 14.8 Å². The van der Waals surface area contributed by atoms with Gasteiger partial charge in [0.15, 0.2) is 11.1 Å². The first-order valence-electron chi connectivity index (χ1n) is 8.85. The van der Waals surface area contributed by atoms with E-state index in [0.29, 0.717) is 44.6 Å². The molecule has 1 unspecified atom stereocenters. The van der Waals surface area contributed by atoms with Crippen LogP contribution in [0.3, 0.4) is 0 Å². The van der Waals surface area contributed by atoms with Crippen molar-refractivity contribution in [3.8, 4) is 11.6 Å². The number of carbonyl (C=O) groups excluding carboxylic acids is 2. The topological polar surface area (TPSA) is 120 Å². The van der Waals surface area contributed by atoms with E-state index >= 15 is 0 Å². The van der Waals surface area contributed by atoms with E-state index < -0.39 is 21.8 Å². The smallest absolute Gasteiger partial charge is 0.331 e. The maximum atomic E-state index is 13.1. The fourth-order valence-electron chi connectivity index (χ4n) is 3.40. The van der Waals surface area contributed by atoms with Crippen LogP contribution in [-0.4, -0.2) is 26.3 Å². The monoisotopic (exact) mass is 419 g/mol. The Bertz CT molecular complexity index is 1320. The predicted octanol–water partition coefficient (Wildman–Crippen LogP) is 3.75. The molecule has 4 aromatic heterocycles. The molecule has 2 amide bonds. The molecule has 0 aliphatic carbocycles. The molecule has 0 spiro atoms. The average Bonchev–Trinajstić information content (AvgIpc) is 3.10. The molecule has 9 nitrogen and oxygen atoms in total. The van der Waals surface area contributed by atoms with Gasteiger partial charge < -0.3 is 20.0 Å². The van der Waals surface area contributed by atoms with E-state index in [-0.39, 0.29) is 0 Å². The third-order valence-corrected chi connectivity index (χ3v) is 6.18. The Balaban J connectivity index is 1.72. The van der Waals surface area contributed by atoms with E-state index in [2.05, 4.69) is 20.3 Å². The van der Waals surface area contributed by atoms with E-state index in [1.54, 1.807) is 49.6 Å². The Kier molecular flexibility index (Phi) is 4.07. The number of nitrogens with one attached hydrogen (secondary N) is 1. The SMILES string of the molecule is Cc1nccc(Oc2ccccn2)c1N1C(=O)Nc2c[s+](C(=O)[O-])c3nccc1c23. The number of aryl methyl sites for hydroxylation is 1. The Morgan fingerprint density at radius 2 is 1.97 bits per heavy atom. The molecule has 0 fully saturated rings. The summed E-state index contributed by atoms with van der Waals surface area (Å²) < 4.78 is 5.93. The van der Waals surface area contributed by atoms with Gasteiger partial charge in [-0.05, 0) is 19.1 Å². The summed E-state index contributed by atoms with van der Waals surface area (Å²) in [7, 11) is -1.35. The zero-order chi connectivity index (χ0) is 20.8. The predicted molar refractivity (Wildman–Crippen MR) is 109 cm³/mol. The Morgan fingerprint density at radius 1 is 1.13 bits per heavy atom. The van der Waals surface area contributed by atoms with Crippen molar-refractivity contribution in [2.75, 3.05) is 10.2 Å². The molecule has 5 heterocycles. The van der Waals surface area contributed by atoms with Crippen molar-refractivity contribution in [1.82, 2.24) is 15.0 Å². The molecular formula is C20H13N5O4S. The molecule has 0 saturated carbocycles. The summed E-state index contributed by atoms with van der Waals surface area (Å²) in [6.07, 6.45) is 4.66. The third-order valence-electron chi connectivity index (χ3n) is 4.62. The largest absolute Gasteiger partial charge is 0.500 e. The normalized spacial score (nSPS) is 13.3. The molecule has 0 bridgehead atoms. The highest BCUT2D eigenvalue weighted by molar-refractivity contribution is 7.54. The Hall–Kier alpha value is -4.05. The summed E-state index contributed by atoms with van der Waals surface area (Å²) in [5, 5.41) is 15.1. The number of rotatable bonds is 4.